The number of benzene rings is 3. The van der Waals surface area contributed by atoms with Crippen molar-refractivity contribution < 1.29 is 19.4 Å². The number of piperidine rings is 1. The molecule has 3 aromatic carbocycles. The first-order valence-corrected chi connectivity index (χ1v) is 13.2. The van der Waals surface area contributed by atoms with Crippen molar-refractivity contribution in [2.24, 2.45) is 5.92 Å². The fraction of sp³-hybridized carbons (Fsp3) is 0.433. The van der Waals surface area contributed by atoms with E-state index < -0.39 is 0 Å². The molecule has 1 fully saturated rings. The van der Waals surface area contributed by atoms with E-state index in [0.717, 1.165) is 75.2 Å². The van der Waals surface area contributed by atoms with E-state index in [1.807, 2.05) is 17.0 Å². The highest BCUT2D eigenvalue weighted by atomic mass is 16.7. The number of rotatable bonds is 7. The molecular weight excluding hydrogens is 452 g/mol. The summed E-state index contributed by atoms with van der Waals surface area (Å²) < 4.78 is 11.0. The number of aryl methyl sites for hydroxylation is 1. The number of hydrogen-bond acceptors (Lipinski definition) is 5. The standard InChI is InChI=1S/C30H34N2O4/c33-25(11-10-23-8-3-7-22-6-1-2-9-26(22)23)19-31-13-4-5-21(17-31)18-32-14-12-24-15-28-29(36-20-35-28)16-27(24)30(32)34/h1-3,6-9,15-16,21,25,33H,4-5,10-14,17-20H2. The van der Waals surface area contributed by atoms with Gasteiger partial charge in [-0.05, 0) is 78.6 Å². The highest BCUT2D eigenvalue weighted by molar-refractivity contribution is 5.97. The van der Waals surface area contributed by atoms with Gasteiger partial charge < -0.3 is 24.4 Å². The topological polar surface area (TPSA) is 62.2 Å². The summed E-state index contributed by atoms with van der Waals surface area (Å²) in [4.78, 5) is 17.6. The molecule has 0 radical (unpaired) electrons. The Morgan fingerprint density at radius 3 is 2.78 bits per heavy atom. The van der Waals surface area contributed by atoms with Crippen molar-refractivity contribution in [2.75, 3.05) is 39.5 Å². The van der Waals surface area contributed by atoms with Crippen molar-refractivity contribution >= 4 is 16.7 Å². The number of fused-ring (bicyclic) bond motifs is 3. The minimum Gasteiger partial charge on any atom is -0.454 e. The number of carbonyl (C=O) groups excluding carboxylic acids is 1. The smallest absolute Gasteiger partial charge is 0.254 e. The minimum absolute atomic E-state index is 0.0989. The molecule has 3 heterocycles. The number of amides is 1. The first kappa shape index (κ1) is 23.3. The van der Waals surface area contributed by atoms with Gasteiger partial charge in [0, 0.05) is 31.7 Å². The summed E-state index contributed by atoms with van der Waals surface area (Å²) in [7, 11) is 0. The third kappa shape index (κ3) is 4.80. The first-order chi connectivity index (χ1) is 17.6. The fourth-order valence-electron chi connectivity index (χ4n) is 6.09. The molecule has 0 bridgehead atoms. The Kier molecular flexibility index (Phi) is 6.55. The van der Waals surface area contributed by atoms with Crippen molar-refractivity contribution in [3.63, 3.8) is 0 Å². The Morgan fingerprint density at radius 2 is 1.86 bits per heavy atom. The molecule has 2 unspecified atom stereocenters. The van der Waals surface area contributed by atoms with Gasteiger partial charge in [-0.15, -0.1) is 0 Å². The maximum absolute atomic E-state index is 13.2. The van der Waals surface area contributed by atoms with Crippen LogP contribution < -0.4 is 9.47 Å². The lowest BCUT2D eigenvalue weighted by atomic mass is 9.93. The van der Waals surface area contributed by atoms with Gasteiger partial charge in [0.25, 0.3) is 5.91 Å². The van der Waals surface area contributed by atoms with Gasteiger partial charge in [0.15, 0.2) is 11.5 Å². The Bertz CT molecular complexity index is 1250. The third-order valence-electron chi connectivity index (χ3n) is 7.94. The Morgan fingerprint density at radius 1 is 1.03 bits per heavy atom. The van der Waals surface area contributed by atoms with Crippen LogP contribution >= 0.6 is 0 Å². The van der Waals surface area contributed by atoms with Crippen molar-refractivity contribution in [3.05, 3.63) is 71.3 Å². The number of ether oxygens (including phenoxy) is 2. The van der Waals surface area contributed by atoms with Crippen LogP contribution in [-0.4, -0.2) is 66.4 Å². The largest absolute Gasteiger partial charge is 0.454 e. The quantitative estimate of drug-likeness (QED) is 0.540. The van der Waals surface area contributed by atoms with Gasteiger partial charge in [-0.3, -0.25) is 4.79 Å². The highest BCUT2D eigenvalue weighted by Crippen LogP contribution is 2.37. The normalized spacial score (nSPS) is 20.5. The molecule has 3 aliphatic heterocycles. The van der Waals surface area contributed by atoms with E-state index in [-0.39, 0.29) is 18.8 Å². The van der Waals surface area contributed by atoms with Crippen molar-refractivity contribution in [3.8, 4) is 11.5 Å². The third-order valence-corrected chi connectivity index (χ3v) is 7.94. The molecule has 188 valence electrons. The van der Waals surface area contributed by atoms with Gasteiger partial charge in [0.1, 0.15) is 0 Å². The molecule has 0 saturated carbocycles. The molecule has 2 atom stereocenters. The lowest BCUT2D eigenvalue weighted by Crippen LogP contribution is -2.46. The van der Waals surface area contributed by atoms with Crippen LogP contribution in [0, 0.1) is 5.92 Å². The van der Waals surface area contributed by atoms with Crippen LogP contribution in [0.2, 0.25) is 0 Å². The zero-order chi connectivity index (χ0) is 24.5. The van der Waals surface area contributed by atoms with E-state index in [0.29, 0.717) is 18.2 Å². The maximum Gasteiger partial charge on any atom is 0.254 e. The molecule has 6 rings (SSSR count). The van der Waals surface area contributed by atoms with Crippen LogP contribution in [0.1, 0.15) is 40.7 Å². The molecule has 1 amide bonds. The molecule has 6 heteroatoms. The number of carbonyl (C=O) groups is 1. The Balaban J connectivity index is 1.03. The summed E-state index contributed by atoms with van der Waals surface area (Å²) in [5.74, 6) is 1.95. The molecular formula is C30H34N2O4. The average molecular weight is 487 g/mol. The van der Waals surface area contributed by atoms with E-state index >= 15 is 0 Å². The highest BCUT2D eigenvalue weighted by Gasteiger charge is 2.31. The monoisotopic (exact) mass is 486 g/mol. The summed E-state index contributed by atoms with van der Waals surface area (Å²) in [6.45, 7) is 4.39. The second-order valence-corrected chi connectivity index (χ2v) is 10.5. The molecule has 1 saturated heterocycles. The maximum atomic E-state index is 13.2. The van der Waals surface area contributed by atoms with Crippen LogP contribution in [0.5, 0.6) is 11.5 Å². The second-order valence-electron chi connectivity index (χ2n) is 10.5. The molecule has 0 aromatic heterocycles. The number of aliphatic hydroxyl groups is 1. The zero-order valence-corrected chi connectivity index (χ0v) is 20.7. The predicted molar refractivity (Wildman–Crippen MR) is 140 cm³/mol. The summed E-state index contributed by atoms with van der Waals surface area (Å²) in [6.07, 6.45) is 4.36. The van der Waals surface area contributed by atoms with Gasteiger partial charge in [0.05, 0.1) is 6.10 Å². The number of likely N-dealkylation sites (tertiary alicyclic amines) is 1. The van der Waals surface area contributed by atoms with Crippen LogP contribution in [0.4, 0.5) is 0 Å². The number of β-amino-alcohol motifs (C(OH)–C–C–N with tert-alkyl or cyclic N) is 1. The van der Waals surface area contributed by atoms with Crippen molar-refractivity contribution in [1.29, 1.82) is 0 Å². The predicted octanol–water partition coefficient (Wildman–Crippen LogP) is 4.27. The van der Waals surface area contributed by atoms with Crippen LogP contribution in [0.3, 0.4) is 0 Å². The van der Waals surface area contributed by atoms with Gasteiger partial charge in [-0.2, -0.15) is 0 Å². The second kappa shape index (κ2) is 10.1. The molecule has 0 aliphatic carbocycles. The SMILES string of the molecule is O=C1c2cc3c(cc2CCN1CC1CCCN(CC(O)CCc2cccc4ccccc24)C1)OCO3. The van der Waals surface area contributed by atoms with Crippen LogP contribution in [0.15, 0.2) is 54.6 Å². The average Bonchev–Trinajstić information content (AvgIpc) is 3.36. The van der Waals surface area contributed by atoms with Crippen LogP contribution in [-0.2, 0) is 12.8 Å². The number of hydrogen-bond donors (Lipinski definition) is 1. The van der Waals surface area contributed by atoms with E-state index in [1.165, 1.54) is 16.3 Å². The minimum atomic E-state index is -0.351. The van der Waals surface area contributed by atoms with E-state index in [1.54, 1.807) is 0 Å². The molecule has 6 nitrogen and oxygen atoms in total. The lowest BCUT2D eigenvalue weighted by molar-refractivity contribution is 0.0565. The molecule has 0 spiro atoms. The Labute approximate surface area is 212 Å². The van der Waals surface area contributed by atoms with Gasteiger partial charge in [-0.25, -0.2) is 0 Å². The van der Waals surface area contributed by atoms with Crippen molar-refractivity contribution in [1.82, 2.24) is 9.80 Å². The summed E-state index contributed by atoms with van der Waals surface area (Å²) in [6, 6.07) is 18.7. The number of nitrogens with zero attached hydrogens (tertiary/aromatic N) is 2. The Hall–Kier alpha value is -3.09. The van der Waals surface area contributed by atoms with Crippen LogP contribution in [0.25, 0.3) is 10.8 Å². The lowest BCUT2D eigenvalue weighted by Gasteiger charge is -2.38. The van der Waals surface area contributed by atoms with Gasteiger partial charge in [-0.1, -0.05) is 42.5 Å². The summed E-state index contributed by atoms with van der Waals surface area (Å²) >= 11 is 0. The molecule has 1 N–H and O–H groups in total. The zero-order valence-electron chi connectivity index (χ0n) is 20.7. The summed E-state index contributed by atoms with van der Waals surface area (Å²) in [5, 5.41) is 13.4. The first-order valence-electron chi connectivity index (χ1n) is 13.2. The molecule has 36 heavy (non-hydrogen) atoms. The van der Waals surface area contributed by atoms with Gasteiger partial charge in [0.2, 0.25) is 6.79 Å². The van der Waals surface area contributed by atoms with E-state index in [2.05, 4.69) is 47.4 Å². The van der Waals surface area contributed by atoms with Gasteiger partial charge >= 0.3 is 0 Å². The molecule has 3 aromatic rings. The molecule has 3 aliphatic rings. The van der Waals surface area contributed by atoms with E-state index in [4.69, 9.17) is 9.47 Å². The number of aliphatic hydroxyl groups excluding tert-OH is 1. The fourth-order valence-corrected chi connectivity index (χ4v) is 6.09. The van der Waals surface area contributed by atoms with Crippen molar-refractivity contribution in [2.45, 2.75) is 38.2 Å². The summed E-state index contributed by atoms with van der Waals surface area (Å²) in [5.41, 5.74) is 3.11. The van der Waals surface area contributed by atoms with E-state index in [9.17, 15) is 9.90 Å².